The number of nitrogens with zero attached hydrogens (tertiary/aromatic N) is 3. The maximum absolute atomic E-state index is 11.1. The number of hydrogen-bond acceptors (Lipinski definition) is 5. The van der Waals surface area contributed by atoms with Crippen molar-refractivity contribution in [3.8, 4) is 11.8 Å². The number of carbonyl (C=O) groups is 1. The Kier molecular flexibility index (Phi) is 3.64. The van der Waals surface area contributed by atoms with Crippen LogP contribution >= 0.6 is 11.6 Å². The third-order valence-electron chi connectivity index (χ3n) is 3.10. The lowest BCUT2D eigenvalue weighted by Gasteiger charge is -2.04. The molecule has 3 rings (SSSR count). The van der Waals surface area contributed by atoms with Crippen LogP contribution in [0, 0.1) is 0 Å². The fourth-order valence-electron chi connectivity index (χ4n) is 1.99. The molecule has 3 N–H and O–H groups in total. The van der Waals surface area contributed by atoms with Gasteiger partial charge in [-0.1, -0.05) is 18.5 Å². The molecule has 0 saturated heterocycles. The summed E-state index contributed by atoms with van der Waals surface area (Å²) in [6, 6.07) is 1.60. The van der Waals surface area contributed by atoms with Crippen molar-refractivity contribution in [2.24, 2.45) is 5.73 Å². The van der Waals surface area contributed by atoms with Crippen molar-refractivity contribution in [1.82, 2.24) is 19.9 Å². The van der Waals surface area contributed by atoms with Crippen LogP contribution in [-0.2, 0) is 6.42 Å². The van der Waals surface area contributed by atoms with Gasteiger partial charge in [0.15, 0.2) is 0 Å². The monoisotopic (exact) mass is 317 g/mol. The van der Waals surface area contributed by atoms with Crippen molar-refractivity contribution in [2.75, 3.05) is 0 Å². The molecule has 8 heteroatoms. The van der Waals surface area contributed by atoms with Crippen molar-refractivity contribution >= 4 is 28.5 Å². The van der Waals surface area contributed by atoms with Gasteiger partial charge in [-0.05, 0) is 12.5 Å². The molecule has 22 heavy (non-hydrogen) atoms. The molecule has 0 radical (unpaired) electrons. The Morgan fingerprint density at radius 2 is 2.23 bits per heavy atom. The summed E-state index contributed by atoms with van der Waals surface area (Å²) in [5.74, 6) is -0.262. The minimum atomic E-state index is -0.585. The molecule has 3 aromatic heterocycles. The fraction of sp³-hybridized carbons (Fsp3) is 0.143. The molecule has 3 aromatic rings. The zero-order chi connectivity index (χ0) is 15.7. The predicted molar refractivity (Wildman–Crippen MR) is 81.1 cm³/mol. The normalized spacial score (nSPS) is 10.8. The predicted octanol–water partition coefficient (Wildman–Crippen LogP) is 2.46. The Labute approximate surface area is 130 Å². The summed E-state index contributed by atoms with van der Waals surface area (Å²) in [7, 11) is 0. The summed E-state index contributed by atoms with van der Waals surface area (Å²) in [4.78, 5) is 26.5. The Bertz CT molecular complexity index is 862. The Balaban J connectivity index is 1.94. The third-order valence-corrected chi connectivity index (χ3v) is 3.53. The summed E-state index contributed by atoms with van der Waals surface area (Å²) < 4.78 is 5.50. The number of primary amides is 1. The van der Waals surface area contributed by atoms with Crippen LogP contribution in [0.15, 0.2) is 24.7 Å². The zero-order valence-electron chi connectivity index (χ0n) is 11.6. The van der Waals surface area contributed by atoms with E-state index in [9.17, 15) is 4.79 Å². The number of aromatic nitrogens is 4. The molecule has 0 aliphatic heterocycles. The Morgan fingerprint density at radius 1 is 1.41 bits per heavy atom. The first-order chi connectivity index (χ1) is 10.6. The van der Waals surface area contributed by atoms with E-state index in [1.807, 2.05) is 6.92 Å². The van der Waals surface area contributed by atoms with Crippen LogP contribution in [0.4, 0.5) is 0 Å². The average molecular weight is 318 g/mol. The number of pyridine rings is 1. The molecule has 3 heterocycles. The molecule has 0 saturated carbocycles. The number of H-pyrrole nitrogens is 1. The number of nitrogens with two attached hydrogens (primary N) is 1. The van der Waals surface area contributed by atoms with Gasteiger partial charge >= 0.3 is 6.01 Å². The highest BCUT2D eigenvalue weighted by molar-refractivity contribution is 6.36. The number of ether oxygens (including phenoxy) is 1. The average Bonchev–Trinajstić information content (AvgIpc) is 2.83. The molecule has 0 fully saturated rings. The summed E-state index contributed by atoms with van der Waals surface area (Å²) >= 11 is 6.21. The van der Waals surface area contributed by atoms with Crippen LogP contribution < -0.4 is 10.5 Å². The number of rotatable bonds is 4. The van der Waals surface area contributed by atoms with E-state index in [4.69, 9.17) is 22.1 Å². The third kappa shape index (κ3) is 2.58. The number of halogens is 1. The summed E-state index contributed by atoms with van der Waals surface area (Å²) in [5, 5.41) is 1.34. The van der Waals surface area contributed by atoms with Crippen LogP contribution in [0.1, 0.15) is 23.0 Å². The molecule has 0 atom stereocenters. The fourth-order valence-corrected chi connectivity index (χ4v) is 2.31. The highest BCUT2D eigenvalue weighted by Gasteiger charge is 2.12. The summed E-state index contributed by atoms with van der Waals surface area (Å²) in [5.41, 5.74) is 6.92. The lowest BCUT2D eigenvalue weighted by atomic mass is 10.3. The van der Waals surface area contributed by atoms with E-state index < -0.39 is 5.91 Å². The van der Waals surface area contributed by atoms with Crippen molar-refractivity contribution in [2.45, 2.75) is 13.3 Å². The first-order valence-corrected chi connectivity index (χ1v) is 6.92. The molecule has 1 amide bonds. The second kappa shape index (κ2) is 5.61. The highest BCUT2D eigenvalue weighted by atomic mass is 35.5. The van der Waals surface area contributed by atoms with Gasteiger partial charge < -0.3 is 15.5 Å². The first-order valence-electron chi connectivity index (χ1n) is 6.54. The second-order valence-electron chi connectivity index (χ2n) is 4.56. The molecule has 0 bridgehead atoms. The number of hydrogen-bond donors (Lipinski definition) is 2. The van der Waals surface area contributed by atoms with Crippen molar-refractivity contribution in [1.29, 1.82) is 0 Å². The molecule has 0 unspecified atom stereocenters. The number of carbonyl (C=O) groups excluding carboxylic acids is 1. The lowest BCUT2D eigenvalue weighted by Crippen LogP contribution is -2.11. The Morgan fingerprint density at radius 3 is 2.95 bits per heavy atom. The van der Waals surface area contributed by atoms with Gasteiger partial charge in [-0.15, -0.1) is 0 Å². The van der Waals surface area contributed by atoms with Gasteiger partial charge in [0, 0.05) is 18.1 Å². The standard InChI is InChI=1S/C14H12ClN5O2/c1-2-10-11(15)9-6-18-14(20-13(9)19-10)22-8-3-7(12(16)21)4-17-5-8/h3-6H,2H2,1H3,(H2,16,21)(H,18,19,20). The van der Waals surface area contributed by atoms with Gasteiger partial charge in [0.2, 0.25) is 5.91 Å². The largest absolute Gasteiger partial charge is 0.423 e. The molecular formula is C14H12ClN5O2. The van der Waals surface area contributed by atoms with Crippen LogP contribution in [0.3, 0.4) is 0 Å². The number of fused-ring (bicyclic) bond motifs is 1. The lowest BCUT2D eigenvalue weighted by molar-refractivity contribution is 0.0999. The van der Waals surface area contributed by atoms with Gasteiger partial charge in [0.05, 0.1) is 22.2 Å². The molecular weight excluding hydrogens is 306 g/mol. The van der Waals surface area contributed by atoms with E-state index in [1.165, 1.54) is 18.5 Å². The Hall–Kier alpha value is -2.67. The van der Waals surface area contributed by atoms with Gasteiger partial charge in [-0.2, -0.15) is 4.98 Å². The first kappa shape index (κ1) is 14.3. The van der Waals surface area contributed by atoms with E-state index >= 15 is 0 Å². The van der Waals surface area contributed by atoms with Gasteiger partial charge in [-0.25, -0.2) is 4.98 Å². The topological polar surface area (TPSA) is 107 Å². The number of aryl methyl sites for hydroxylation is 1. The van der Waals surface area contributed by atoms with Crippen LogP contribution in [0.2, 0.25) is 5.02 Å². The number of nitrogens with one attached hydrogen (secondary N) is 1. The summed E-state index contributed by atoms with van der Waals surface area (Å²) in [6.07, 6.45) is 5.15. The highest BCUT2D eigenvalue weighted by Crippen LogP contribution is 2.28. The van der Waals surface area contributed by atoms with Crippen LogP contribution in [0.25, 0.3) is 11.0 Å². The molecule has 112 valence electrons. The van der Waals surface area contributed by atoms with Crippen molar-refractivity contribution in [3.05, 3.63) is 40.9 Å². The van der Waals surface area contributed by atoms with Gasteiger partial charge in [-0.3, -0.25) is 9.78 Å². The van der Waals surface area contributed by atoms with Gasteiger partial charge in [0.25, 0.3) is 0 Å². The molecule has 0 aliphatic rings. The van der Waals surface area contributed by atoms with E-state index in [2.05, 4.69) is 19.9 Å². The van der Waals surface area contributed by atoms with E-state index in [0.29, 0.717) is 16.4 Å². The molecule has 0 aliphatic carbocycles. The van der Waals surface area contributed by atoms with Crippen LogP contribution in [-0.4, -0.2) is 25.8 Å². The SMILES string of the molecule is CCc1[nH]c2nc(Oc3cncc(C(N)=O)c3)ncc2c1Cl. The molecule has 0 aromatic carbocycles. The maximum atomic E-state index is 11.1. The number of amides is 1. The van der Waals surface area contributed by atoms with Crippen LogP contribution in [0.5, 0.6) is 11.8 Å². The zero-order valence-corrected chi connectivity index (χ0v) is 12.4. The minimum absolute atomic E-state index is 0.122. The second-order valence-corrected chi connectivity index (χ2v) is 4.94. The quantitative estimate of drug-likeness (QED) is 0.768. The maximum Gasteiger partial charge on any atom is 0.323 e. The van der Waals surface area contributed by atoms with E-state index in [0.717, 1.165) is 17.5 Å². The van der Waals surface area contributed by atoms with Crippen molar-refractivity contribution < 1.29 is 9.53 Å². The number of aromatic amines is 1. The minimum Gasteiger partial charge on any atom is -0.423 e. The summed E-state index contributed by atoms with van der Waals surface area (Å²) in [6.45, 7) is 1.99. The van der Waals surface area contributed by atoms with E-state index in [-0.39, 0.29) is 11.6 Å². The van der Waals surface area contributed by atoms with Gasteiger partial charge in [0.1, 0.15) is 11.4 Å². The van der Waals surface area contributed by atoms with E-state index in [1.54, 1.807) is 6.20 Å². The molecule has 7 nitrogen and oxygen atoms in total. The molecule has 0 spiro atoms. The smallest absolute Gasteiger partial charge is 0.323 e. The van der Waals surface area contributed by atoms with Crippen molar-refractivity contribution in [3.63, 3.8) is 0 Å².